The van der Waals surface area contributed by atoms with Crippen LogP contribution in [0, 0.1) is 21.4 Å². The molecule has 0 amide bonds. The number of rotatable bonds is 5. The summed E-state index contributed by atoms with van der Waals surface area (Å²) in [5, 5.41) is 22.5. The van der Waals surface area contributed by atoms with Gasteiger partial charge in [0.05, 0.1) is 10.5 Å². The fourth-order valence-electron chi connectivity index (χ4n) is 1.22. The number of hydrogen-bond donors (Lipinski definition) is 1. The highest BCUT2D eigenvalue weighted by Crippen LogP contribution is 2.22. The van der Waals surface area contributed by atoms with Crippen molar-refractivity contribution in [3.63, 3.8) is 0 Å². The predicted molar refractivity (Wildman–Crippen MR) is 67.2 cm³/mol. The van der Waals surface area contributed by atoms with E-state index in [0.717, 1.165) is 0 Å². The Labute approximate surface area is 105 Å². The minimum absolute atomic E-state index is 0.174. The third-order valence-corrected chi connectivity index (χ3v) is 2.64. The number of nitriles is 1. The van der Waals surface area contributed by atoms with Gasteiger partial charge in [0.2, 0.25) is 5.82 Å². The van der Waals surface area contributed by atoms with Gasteiger partial charge in [0.25, 0.3) is 0 Å². The van der Waals surface area contributed by atoms with Gasteiger partial charge in [-0.15, -0.1) is 0 Å². The second-order valence-electron chi connectivity index (χ2n) is 4.15. The van der Waals surface area contributed by atoms with Gasteiger partial charge in [0.15, 0.2) is 0 Å². The monoisotopic (exact) mass is 249 g/mol. The van der Waals surface area contributed by atoms with Gasteiger partial charge in [-0.3, -0.25) is 10.1 Å². The summed E-state index contributed by atoms with van der Waals surface area (Å²) < 4.78 is 0. The highest BCUT2D eigenvalue weighted by molar-refractivity contribution is 5.58. The van der Waals surface area contributed by atoms with E-state index in [1.165, 1.54) is 12.3 Å². The molecule has 7 nitrogen and oxygen atoms in total. The Bertz CT molecular complexity index is 481. The van der Waals surface area contributed by atoms with Crippen LogP contribution >= 0.6 is 0 Å². The smallest absolute Gasteiger partial charge is 0.312 e. The molecule has 7 heteroatoms. The van der Waals surface area contributed by atoms with E-state index < -0.39 is 4.92 Å². The van der Waals surface area contributed by atoms with Crippen LogP contribution in [-0.4, -0.2) is 41.5 Å². The average molecular weight is 249 g/mol. The van der Waals surface area contributed by atoms with E-state index in [2.05, 4.69) is 10.3 Å². The molecule has 18 heavy (non-hydrogen) atoms. The SMILES string of the molecule is CC(CNc1ncc(C#N)cc1[N+](=O)[O-])N(C)C. The molecule has 0 bridgehead atoms. The molecule has 1 atom stereocenters. The maximum Gasteiger partial charge on any atom is 0.312 e. The van der Waals surface area contributed by atoms with E-state index in [1.54, 1.807) is 0 Å². The van der Waals surface area contributed by atoms with Gasteiger partial charge in [-0.25, -0.2) is 4.98 Å². The largest absolute Gasteiger partial charge is 0.363 e. The molecule has 0 aliphatic heterocycles. The van der Waals surface area contributed by atoms with Gasteiger partial charge < -0.3 is 10.2 Å². The molecular formula is C11H15N5O2. The van der Waals surface area contributed by atoms with Gasteiger partial charge in [0, 0.05) is 24.8 Å². The summed E-state index contributed by atoms with van der Waals surface area (Å²) in [4.78, 5) is 16.2. The van der Waals surface area contributed by atoms with Crippen LogP contribution in [0.1, 0.15) is 12.5 Å². The van der Waals surface area contributed by atoms with Crippen LogP contribution in [0.5, 0.6) is 0 Å². The summed E-state index contributed by atoms with van der Waals surface area (Å²) in [6, 6.07) is 3.26. The lowest BCUT2D eigenvalue weighted by Gasteiger charge is -2.20. The summed E-state index contributed by atoms with van der Waals surface area (Å²) in [5.74, 6) is 0.188. The standard InChI is InChI=1S/C11H15N5O2/c1-8(15(2)3)6-13-11-10(16(17)18)4-9(5-12)7-14-11/h4,7-8H,6H2,1-3H3,(H,13,14). The minimum atomic E-state index is -0.545. The molecule has 0 fully saturated rings. The van der Waals surface area contributed by atoms with Gasteiger partial charge in [-0.2, -0.15) is 5.26 Å². The molecule has 1 aromatic heterocycles. The zero-order valence-corrected chi connectivity index (χ0v) is 10.5. The van der Waals surface area contributed by atoms with E-state index in [-0.39, 0.29) is 23.1 Å². The Kier molecular flexibility index (Phi) is 4.57. The first-order valence-corrected chi connectivity index (χ1v) is 5.40. The van der Waals surface area contributed by atoms with Crippen molar-refractivity contribution in [3.05, 3.63) is 27.9 Å². The second kappa shape index (κ2) is 5.93. The summed E-state index contributed by atoms with van der Waals surface area (Å²) in [5.41, 5.74) is -0.00656. The topological polar surface area (TPSA) is 95.1 Å². The van der Waals surface area contributed by atoms with E-state index in [4.69, 9.17) is 5.26 Å². The molecule has 0 saturated carbocycles. The summed E-state index contributed by atoms with van der Waals surface area (Å²) in [6.45, 7) is 2.52. The Morgan fingerprint density at radius 3 is 2.83 bits per heavy atom. The van der Waals surface area contributed by atoms with Crippen molar-refractivity contribution in [3.8, 4) is 6.07 Å². The second-order valence-corrected chi connectivity index (χ2v) is 4.15. The number of nitrogens with one attached hydrogen (secondary N) is 1. The first-order chi connectivity index (χ1) is 8.45. The average Bonchev–Trinajstić information content (AvgIpc) is 2.35. The highest BCUT2D eigenvalue weighted by atomic mass is 16.6. The van der Waals surface area contributed by atoms with Gasteiger partial charge in [-0.05, 0) is 21.0 Å². The number of nitrogens with zero attached hydrogens (tertiary/aromatic N) is 4. The molecule has 96 valence electrons. The van der Waals surface area contributed by atoms with Crippen molar-refractivity contribution in [2.24, 2.45) is 0 Å². The molecule has 0 aromatic carbocycles. The fraction of sp³-hybridized carbons (Fsp3) is 0.455. The Morgan fingerprint density at radius 2 is 2.33 bits per heavy atom. The lowest BCUT2D eigenvalue weighted by molar-refractivity contribution is -0.384. The quantitative estimate of drug-likeness (QED) is 0.622. The van der Waals surface area contributed by atoms with E-state index in [0.29, 0.717) is 6.54 Å². The molecule has 1 unspecified atom stereocenters. The van der Waals surface area contributed by atoms with Crippen molar-refractivity contribution in [2.75, 3.05) is 26.0 Å². The van der Waals surface area contributed by atoms with Crippen LogP contribution in [0.4, 0.5) is 11.5 Å². The van der Waals surface area contributed by atoms with E-state index >= 15 is 0 Å². The molecule has 0 aliphatic rings. The van der Waals surface area contributed by atoms with Gasteiger partial charge >= 0.3 is 5.69 Å². The molecule has 0 spiro atoms. The number of anilines is 1. The van der Waals surface area contributed by atoms with Crippen molar-refractivity contribution in [2.45, 2.75) is 13.0 Å². The molecule has 1 rings (SSSR count). The van der Waals surface area contributed by atoms with Crippen LogP contribution < -0.4 is 5.32 Å². The fourth-order valence-corrected chi connectivity index (χ4v) is 1.22. The number of nitro groups is 1. The molecule has 1 aromatic rings. The van der Waals surface area contributed by atoms with Crippen LogP contribution in [0.15, 0.2) is 12.3 Å². The minimum Gasteiger partial charge on any atom is -0.363 e. The zero-order valence-electron chi connectivity index (χ0n) is 10.5. The molecule has 0 radical (unpaired) electrons. The summed E-state index contributed by atoms with van der Waals surface area (Å²) >= 11 is 0. The number of aromatic nitrogens is 1. The predicted octanol–water partition coefficient (Wildman–Crippen LogP) is 1.22. The summed E-state index contributed by atoms with van der Waals surface area (Å²) in [6.07, 6.45) is 1.32. The Morgan fingerprint density at radius 1 is 1.67 bits per heavy atom. The Hall–Kier alpha value is -2.20. The molecule has 1 heterocycles. The molecule has 0 saturated heterocycles. The Balaban J connectivity index is 2.89. The first kappa shape index (κ1) is 13.9. The van der Waals surface area contributed by atoms with E-state index in [1.807, 2.05) is 32.0 Å². The molecule has 1 N–H and O–H groups in total. The third-order valence-electron chi connectivity index (χ3n) is 2.64. The van der Waals surface area contributed by atoms with Crippen LogP contribution in [0.25, 0.3) is 0 Å². The van der Waals surface area contributed by atoms with Crippen molar-refractivity contribution >= 4 is 11.5 Å². The maximum absolute atomic E-state index is 10.9. The first-order valence-electron chi connectivity index (χ1n) is 5.40. The molecular weight excluding hydrogens is 234 g/mol. The third kappa shape index (κ3) is 3.40. The van der Waals surface area contributed by atoms with Crippen molar-refractivity contribution in [1.29, 1.82) is 5.26 Å². The summed E-state index contributed by atoms with van der Waals surface area (Å²) in [7, 11) is 3.85. The highest BCUT2D eigenvalue weighted by Gasteiger charge is 2.17. The lowest BCUT2D eigenvalue weighted by atomic mass is 10.2. The van der Waals surface area contributed by atoms with Crippen molar-refractivity contribution in [1.82, 2.24) is 9.88 Å². The lowest BCUT2D eigenvalue weighted by Crippen LogP contribution is -2.31. The van der Waals surface area contributed by atoms with Crippen LogP contribution in [0.3, 0.4) is 0 Å². The van der Waals surface area contributed by atoms with E-state index in [9.17, 15) is 10.1 Å². The maximum atomic E-state index is 10.9. The number of hydrogen-bond acceptors (Lipinski definition) is 6. The molecule has 0 aliphatic carbocycles. The zero-order chi connectivity index (χ0) is 13.7. The van der Waals surface area contributed by atoms with Crippen molar-refractivity contribution < 1.29 is 4.92 Å². The normalized spacial score (nSPS) is 11.9. The van der Waals surface area contributed by atoms with Crippen LogP contribution in [0.2, 0.25) is 0 Å². The van der Waals surface area contributed by atoms with Crippen LogP contribution in [-0.2, 0) is 0 Å². The van der Waals surface area contributed by atoms with Gasteiger partial charge in [-0.1, -0.05) is 0 Å². The van der Waals surface area contributed by atoms with Gasteiger partial charge in [0.1, 0.15) is 6.07 Å². The number of pyridine rings is 1. The number of likely N-dealkylation sites (N-methyl/N-ethyl adjacent to an activating group) is 1.